The Morgan fingerprint density at radius 1 is 1.38 bits per heavy atom. The third kappa shape index (κ3) is 3.56. The number of carbonyl (C=O) groups excluding carboxylic acids is 1. The normalized spacial score (nSPS) is 20.0. The molecular formula is C13H25NO2. The minimum absolute atomic E-state index is 0.0275. The van der Waals surface area contributed by atoms with Gasteiger partial charge in [-0.1, -0.05) is 26.2 Å². The van der Waals surface area contributed by atoms with Crippen molar-refractivity contribution in [1.29, 1.82) is 0 Å². The Morgan fingerprint density at radius 3 is 2.50 bits per heavy atom. The van der Waals surface area contributed by atoms with Gasteiger partial charge in [-0.15, -0.1) is 0 Å². The third-order valence-corrected chi connectivity index (χ3v) is 3.71. The first-order valence-corrected chi connectivity index (χ1v) is 6.60. The molecular weight excluding hydrogens is 202 g/mol. The molecule has 1 rings (SSSR count). The van der Waals surface area contributed by atoms with Crippen molar-refractivity contribution in [3.8, 4) is 0 Å². The first kappa shape index (κ1) is 13.7. The average Bonchev–Trinajstić information content (AvgIpc) is 2.35. The van der Waals surface area contributed by atoms with Gasteiger partial charge in [-0.25, -0.2) is 0 Å². The summed E-state index contributed by atoms with van der Waals surface area (Å²) >= 11 is 0. The van der Waals surface area contributed by atoms with Crippen molar-refractivity contribution in [2.75, 3.05) is 13.2 Å². The third-order valence-electron chi connectivity index (χ3n) is 3.71. The van der Waals surface area contributed by atoms with Crippen molar-refractivity contribution in [3.63, 3.8) is 0 Å². The minimum Gasteiger partial charge on any atom is -0.395 e. The van der Waals surface area contributed by atoms with E-state index in [9.17, 15) is 4.79 Å². The van der Waals surface area contributed by atoms with Gasteiger partial charge in [0.2, 0.25) is 0 Å². The van der Waals surface area contributed by atoms with Gasteiger partial charge in [0, 0.05) is 19.0 Å². The van der Waals surface area contributed by atoms with E-state index in [1.54, 1.807) is 0 Å². The van der Waals surface area contributed by atoms with Crippen molar-refractivity contribution in [3.05, 3.63) is 0 Å². The maximum Gasteiger partial charge on any atom is 0.149 e. The molecule has 0 radical (unpaired) electrons. The Morgan fingerprint density at radius 2 is 2.00 bits per heavy atom. The van der Waals surface area contributed by atoms with Crippen LogP contribution in [-0.4, -0.2) is 41.0 Å². The zero-order chi connectivity index (χ0) is 12.0. The Balaban J connectivity index is 2.60. The monoisotopic (exact) mass is 227 g/mol. The molecule has 1 aliphatic rings. The largest absolute Gasteiger partial charge is 0.395 e. The van der Waals surface area contributed by atoms with E-state index in [4.69, 9.17) is 5.11 Å². The van der Waals surface area contributed by atoms with Crippen LogP contribution in [0.1, 0.15) is 52.4 Å². The molecule has 0 aliphatic heterocycles. The summed E-state index contributed by atoms with van der Waals surface area (Å²) in [7, 11) is 0. The van der Waals surface area contributed by atoms with E-state index in [1.165, 1.54) is 32.1 Å². The van der Waals surface area contributed by atoms with Gasteiger partial charge in [-0.2, -0.15) is 0 Å². The van der Waals surface area contributed by atoms with Crippen molar-refractivity contribution < 1.29 is 9.90 Å². The van der Waals surface area contributed by atoms with Crippen LogP contribution in [0.15, 0.2) is 0 Å². The molecule has 0 aromatic carbocycles. The highest BCUT2D eigenvalue weighted by Gasteiger charge is 2.27. The molecule has 0 heterocycles. The van der Waals surface area contributed by atoms with Gasteiger partial charge in [0.05, 0.1) is 12.6 Å². The fourth-order valence-corrected chi connectivity index (χ4v) is 2.70. The van der Waals surface area contributed by atoms with Crippen LogP contribution in [0, 0.1) is 0 Å². The molecule has 1 N–H and O–H groups in total. The first-order chi connectivity index (χ1) is 7.70. The minimum atomic E-state index is -0.0275. The van der Waals surface area contributed by atoms with E-state index in [1.807, 2.05) is 13.8 Å². The standard InChI is InChI=1S/C13H25NO2/c1-3-13(16)11(2)14(9-10-15)12-7-5-4-6-8-12/h11-12,15H,3-10H2,1-2H3. The van der Waals surface area contributed by atoms with Crippen LogP contribution in [0.2, 0.25) is 0 Å². The Hall–Kier alpha value is -0.410. The number of rotatable bonds is 6. The molecule has 0 amide bonds. The molecule has 0 saturated heterocycles. The van der Waals surface area contributed by atoms with Gasteiger partial charge < -0.3 is 5.11 Å². The van der Waals surface area contributed by atoms with Gasteiger partial charge in [-0.3, -0.25) is 9.69 Å². The van der Waals surface area contributed by atoms with E-state index >= 15 is 0 Å². The smallest absolute Gasteiger partial charge is 0.149 e. The molecule has 1 atom stereocenters. The molecule has 0 aromatic rings. The van der Waals surface area contributed by atoms with Gasteiger partial charge >= 0.3 is 0 Å². The lowest BCUT2D eigenvalue weighted by atomic mass is 9.92. The van der Waals surface area contributed by atoms with Crippen molar-refractivity contribution in [2.24, 2.45) is 0 Å². The summed E-state index contributed by atoms with van der Waals surface area (Å²) in [5.74, 6) is 0.291. The number of Topliss-reactive ketones (excluding diaryl/α,β-unsaturated/α-hetero) is 1. The van der Waals surface area contributed by atoms with E-state index < -0.39 is 0 Å². The molecule has 3 nitrogen and oxygen atoms in total. The highest BCUT2D eigenvalue weighted by molar-refractivity contribution is 5.83. The predicted molar refractivity (Wildman–Crippen MR) is 65.4 cm³/mol. The Bertz CT molecular complexity index is 212. The molecule has 16 heavy (non-hydrogen) atoms. The van der Waals surface area contributed by atoms with Crippen LogP contribution >= 0.6 is 0 Å². The molecule has 94 valence electrons. The maximum absolute atomic E-state index is 11.7. The number of ketones is 1. The molecule has 0 bridgehead atoms. The van der Waals surface area contributed by atoms with Crippen LogP contribution in [0.4, 0.5) is 0 Å². The molecule has 1 aliphatic carbocycles. The number of nitrogens with zero attached hydrogens (tertiary/aromatic N) is 1. The number of carbonyl (C=O) groups is 1. The van der Waals surface area contributed by atoms with E-state index in [0.29, 0.717) is 24.8 Å². The summed E-state index contributed by atoms with van der Waals surface area (Å²) in [6.45, 7) is 4.68. The van der Waals surface area contributed by atoms with E-state index in [-0.39, 0.29) is 12.6 Å². The number of aliphatic hydroxyl groups is 1. The second kappa shape index (κ2) is 7.02. The van der Waals surface area contributed by atoms with Gasteiger partial charge in [0.25, 0.3) is 0 Å². The van der Waals surface area contributed by atoms with Gasteiger partial charge in [-0.05, 0) is 19.8 Å². The van der Waals surface area contributed by atoms with Crippen LogP contribution in [0.25, 0.3) is 0 Å². The predicted octanol–water partition coefficient (Wildman–Crippen LogP) is 1.98. The lowest BCUT2D eigenvalue weighted by molar-refractivity contribution is -0.124. The topological polar surface area (TPSA) is 40.5 Å². The SMILES string of the molecule is CCC(=O)C(C)N(CCO)C1CCCCC1. The van der Waals surface area contributed by atoms with Crippen LogP contribution < -0.4 is 0 Å². The zero-order valence-electron chi connectivity index (χ0n) is 10.6. The molecule has 0 aromatic heterocycles. The quantitative estimate of drug-likeness (QED) is 0.754. The molecule has 1 saturated carbocycles. The van der Waals surface area contributed by atoms with E-state index in [2.05, 4.69) is 4.90 Å². The summed E-state index contributed by atoms with van der Waals surface area (Å²) in [5, 5.41) is 9.12. The van der Waals surface area contributed by atoms with Gasteiger partial charge in [0.15, 0.2) is 0 Å². The average molecular weight is 227 g/mol. The van der Waals surface area contributed by atoms with Crippen molar-refractivity contribution in [1.82, 2.24) is 4.90 Å². The summed E-state index contributed by atoms with van der Waals surface area (Å²) in [5.41, 5.74) is 0. The van der Waals surface area contributed by atoms with Crippen LogP contribution in [-0.2, 0) is 4.79 Å². The van der Waals surface area contributed by atoms with Crippen LogP contribution in [0.5, 0.6) is 0 Å². The summed E-state index contributed by atoms with van der Waals surface area (Å²) in [6, 6.07) is 0.478. The van der Waals surface area contributed by atoms with Crippen LogP contribution in [0.3, 0.4) is 0 Å². The fraction of sp³-hybridized carbons (Fsp3) is 0.923. The zero-order valence-corrected chi connectivity index (χ0v) is 10.6. The lowest BCUT2D eigenvalue weighted by Crippen LogP contribution is -2.47. The number of aliphatic hydroxyl groups excluding tert-OH is 1. The van der Waals surface area contributed by atoms with Crippen molar-refractivity contribution >= 4 is 5.78 Å². The molecule has 1 unspecified atom stereocenters. The lowest BCUT2D eigenvalue weighted by Gasteiger charge is -2.37. The summed E-state index contributed by atoms with van der Waals surface area (Å²) < 4.78 is 0. The Kier molecular flexibility index (Phi) is 5.99. The fourth-order valence-electron chi connectivity index (χ4n) is 2.70. The highest BCUT2D eigenvalue weighted by atomic mass is 16.3. The van der Waals surface area contributed by atoms with Crippen molar-refractivity contribution in [2.45, 2.75) is 64.5 Å². The molecule has 0 spiro atoms. The summed E-state index contributed by atoms with van der Waals surface area (Å²) in [6.07, 6.45) is 6.80. The number of hydrogen-bond acceptors (Lipinski definition) is 3. The van der Waals surface area contributed by atoms with Gasteiger partial charge in [0.1, 0.15) is 5.78 Å². The second-order valence-corrected chi connectivity index (χ2v) is 4.75. The first-order valence-electron chi connectivity index (χ1n) is 6.60. The molecule has 3 heteroatoms. The highest BCUT2D eigenvalue weighted by Crippen LogP contribution is 2.24. The number of hydrogen-bond donors (Lipinski definition) is 1. The maximum atomic E-state index is 11.7. The summed E-state index contributed by atoms with van der Waals surface area (Å²) in [4.78, 5) is 14.0. The molecule has 1 fully saturated rings. The second-order valence-electron chi connectivity index (χ2n) is 4.75. The van der Waals surface area contributed by atoms with E-state index in [0.717, 1.165) is 0 Å². The Labute approximate surface area is 98.8 Å².